The van der Waals surface area contributed by atoms with Crippen LogP contribution in [0.1, 0.15) is 49.7 Å². The molecule has 1 amide bonds. The number of pyridine rings is 1. The minimum absolute atomic E-state index is 0.114. The van der Waals surface area contributed by atoms with Crippen molar-refractivity contribution in [3.05, 3.63) is 23.4 Å². The molecule has 0 atom stereocenters. The highest BCUT2D eigenvalue weighted by atomic mass is 16.5. The van der Waals surface area contributed by atoms with Crippen LogP contribution in [-0.2, 0) is 10.2 Å². The lowest BCUT2D eigenvalue weighted by Gasteiger charge is -2.19. The molecule has 118 valence electrons. The SMILES string of the molecule is COCCCCNC(=O)c1cc(NN)nc(C(C)(C)C)c1. The van der Waals surface area contributed by atoms with Gasteiger partial charge < -0.3 is 15.5 Å². The Bertz CT molecular complexity index is 469. The number of anilines is 1. The molecule has 0 unspecified atom stereocenters. The van der Waals surface area contributed by atoms with Gasteiger partial charge >= 0.3 is 0 Å². The molecule has 0 spiro atoms. The number of hydrazine groups is 1. The average Bonchev–Trinajstić information content (AvgIpc) is 2.45. The van der Waals surface area contributed by atoms with E-state index in [-0.39, 0.29) is 11.3 Å². The molecule has 1 aromatic rings. The number of hydrogen-bond acceptors (Lipinski definition) is 5. The van der Waals surface area contributed by atoms with Gasteiger partial charge in [0.1, 0.15) is 5.82 Å². The number of nitrogens with one attached hydrogen (secondary N) is 2. The van der Waals surface area contributed by atoms with Gasteiger partial charge in [0.2, 0.25) is 0 Å². The topological polar surface area (TPSA) is 89.3 Å². The highest BCUT2D eigenvalue weighted by Crippen LogP contribution is 2.23. The molecule has 1 heterocycles. The average molecular weight is 294 g/mol. The van der Waals surface area contributed by atoms with E-state index in [9.17, 15) is 4.79 Å². The molecule has 0 aromatic carbocycles. The first-order valence-corrected chi connectivity index (χ1v) is 7.15. The molecule has 0 aliphatic heterocycles. The summed E-state index contributed by atoms with van der Waals surface area (Å²) in [4.78, 5) is 16.6. The summed E-state index contributed by atoms with van der Waals surface area (Å²) in [6, 6.07) is 3.46. The number of amides is 1. The molecule has 0 fully saturated rings. The maximum Gasteiger partial charge on any atom is 0.251 e. The van der Waals surface area contributed by atoms with Crippen LogP contribution in [0, 0.1) is 0 Å². The van der Waals surface area contributed by atoms with Crippen LogP contribution < -0.4 is 16.6 Å². The molecule has 0 bridgehead atoms. The van der Waals surface area contributed by atoms with Gasteiger partial charge in [0.15, 0.2) is 0 Å². The molecule has 1 aromatic heterocycles. The van der Waals surface area contributed by atoms with Crippen molar-refractivity contribution in [2.24, 2.45) is 5.84 Å². The first-order chi connectivity index (χ1) is 9.88. The zero-order valence-electron chi connectivity index (χ0n) is 13.3. The summed E-state index contributed by atoms with van der Waals surface area (Å²) in [7, 11) is 1.67. The van der Waals surface area contributed by atoms with E-state index < -0.39 is 0 Å². The van der Waals surface area contributed by atoms with E-state index in [2.05, 4.69) is 15.7 Å². The zero-order valence-corrected chi connectivity index (χ0v) is 13.3. The molecule has 0 radical (unpaired) electrons. The third-order valence-corrected chi connectivity index (χ3v) is 3.06. The normalized spacial score (nSPS) is 11.3. The molecule has 1 rings (SSSR count). The Morgan fingerprint density at radius 2 is 2.05 bits per heavy atom. The van der Waals surface area contributed by atoms with Gasteiger partial charge in [-0.15, -0.1) is 0 Å². The van der Waals surface area contributed by atoms with Crippen molar-refractivity contribution < 1.29 is 9.53 Å². The summed E-state index contributed by atoms with van der Waals surface area (Å²) >= 11 is 0. The molecule has 0 aliphatic carbocycles. The number of ether oxygens (including phenoxy) is 1. The number of nitrogen functional groups attached to an aromatic ring is 1. The fraction of sp³-hybridized carbons (Fsp3) is 0.600. The van der Waals surface area contributed by atoms with Crippen LogP contribution >= 0.6 is 0 Å². The van der Waals surface area contributed by atoms with Gasteiger partial charge in [-0.1, -0.05) is 20.8 Å². The minimum Gasteiger partial charge on any atom is -0.385 e. The Labute approximate surface area is 126 Å². The van der Waals surface area contributed by atoms with Crippen molar-refractivity contribution in [3.63, 3.8) is 0 Å². The van der Waals surface area contributed by atoms with Gasteiger partial charge in [0, 0.05) is 36.9 Å². The summed E-state index contributed by atoms with van der Waals surface area (Å²) < 4.78 is 4.97. The van der Waals surface area contributed by atoms with Gasteiger partial charge in [-0.2, -0.15) is 0 Å². The number of nitrogens with zero attached hydrogens (tertiary/aromatic N) is 1. The van der Waals surface area contributed by atoms with Crippen LogP contribution in [-0.4, -0.2) is 31.2 Å². The zero-order chi connectivity index (χ0) is 15.9. The van der Waals surface area contributed by atoms with Crippen LogP contribution in [0.4, 0.5) is 5.82 Å². The molecule has 0 saturated carbocycles. The Morgan fingerprint density at radius 3 is 2.62 bits per heavy atom. The van der Waals surface area contributed by atoms with E-state index in [0.29, 0.717) is 24.5 Å². The second-order valence-corrected chi connectivity index (χ2v) is 5.98. The molecular formula is C15H26N4O2. The van der Waals surface area contributed by atoms with Gasteiger partial charge in [-0.05, 0) is 25.0 Å². The number of carbonyl (C=O) groups excluding carboxylic acids is 1. The smallest absolute Gasteiger partial charge is 0.251 e. The monoisotopic (exact) mass is 294 g/mol. The lowest BCUT2D eigenvalue weighted by molar-refractivity contribution is 0.0951. The van der Waals surface area contributed by atoms with Crippen molar-refractivity contribution in [3.8, 4) is 0 Å². The Kier molecular flexibility index (Phi) is 6.58. The summed E-state index contributed by atoms with van der Waals surface area (Å²) in [6.07, 6.45) is 1.81. The summed E-state index contributed by atoms with van der Waals surface area (Å²) in [6.45, 7) is 7.47. The van der Waals surface area contributed by atoms with E-state index in [4.69, 9.17) is 10.6 Å². The third-order valence-electron chi connectivity index (χ3n) is 3.06. The minimum atomic E-state index is -0.152. The van der Waals surface area contributed by atoms with Crippen LogP contribution in [0.15, 0.2) is 12.1 Å². The Hall–Kier alpha value is -1.66. The fourth-order valence-electron chi connectivity index (χ4n) is 1.80. The standard InChI is InChI=1S/C15H26N4O2/c1-15(2,3)12-9-11(10-13(18-12)19-16)14(20)17-7-5-6-8-21-4/h9-10H,5-8,16H2,1-4H3,(H,17,20)(H,18,19). The number of nitrogens with two attached hydrogens (primary N) is 1. The largest absolute Gasteiger partial charge is 0.385 e. The van der Waals surface area contributed by atoms with Crippen molar-refractivity contribution in [2.75, 3.05) is 25.7 Å². The molecule has 6 nitrogen and oxygen atoms in total. The van der Waals surface area contributed by atoms with Gasteiger partial charge in [0.25, 0.3) is 5.91 Å². The van der Waals surface area contributed by atoms with Crippen molar-refractivity contribution in [1.29, 1.82) is 0 Å². The summed E-state index contributed by atoms with van der Waals surface area (Å²) in [5, 5.41) is 2.90. The molecule has 0 aliphatic rings. The van der Waals surface area contributed by atoms with E-state index in [0.717, 1.165) is 18.5 Å². The first-order valence-electron chi connectivity index (χ1n) is 7.15. The van der Waals surface area contributed by atoms with Crippen LogP contribution in [0.25, 0.3) is 0 Å². The molecule has 6 heteroatoms. The maximum absolute atomic E-state index is 12.2. The number of aromatic nitrogens is 1. The quantitative estimate of drug-likeness (QED) is 0.405. The Morgan fingerprint density at radius 1 is 1.33 bits per heavy atom. The number of rotatable bonds is 7. The number of methoxy groups -OCH3 is 1. The fourth-order valence-corrected chi connectivity index (χ4v) is 1.80. The van der Waals surface area contributed by atoms with Crippen molar-refractivity contribution in [2.45, 2.75) is 39.0 Å². The maximum atomic E-state index is 12.2. The van der Waals surface area contributed by atoms with E-state index >= 15 is 0 Å². The van der Waals surface area contributed by atoms with Crippen molar-refractivity contribution >= 4 is 11.7 Å². The van der Waals surface area contributed by atoms with Crippen LogP contribution in [0.3, 0.4) is 0 Å². The Balaban J connectivity index is 2.74. The second kappa shape index (κ2) is 7.95. The molecule has 4 N–H and O–H groups in total. The third kappa shape index (κ3) is 5.69. The van der Waals surface area contributed by atoms with Crippen LogP contribution in [0.5, 0.6) is 0 Å². The number of hydrogen-bond donors (Lipinski definition) is 3. The molecule has 21 heavy (non-hydrogen) atoms. The van der Waals surface area contributed by atoms with Crippen LogP contribution in [0.2, 0.25) is 0 Å². The van der Waals surface area contributed by atoms with Gasteiger partial charge in [0.05, 0.1) is 0 Å². The molecule has 0 saturated heterocycles. The predicted octanol–water partition coefficient (Wildman–Crippen LogP) is 1.82. The van der Waals surface area contributed by atoms with Crippen molar-refractivity contribution in [1.82, 2.24) is 10.3 Å². The lowest BCUT2D eigenvalue weighted by atomic mass is 9.90. The van der Waals surface area contributed by atoms with E-state index in [1.807, 2.05) is 26.8 Å². The molecular weight excluding hydrogens is 268 g/mol. The highest BCUT2D eigenvalue weighted by molar-refractivity contribution is 5.95. The second-order valence-electron chi connectivity index (χ2n) is 5.98. The summed E-state index contributed by atoms with van der Waals surface area (Å²) in [5.74, 6) is 5.81. The van der Waals surface area contributed by atoms with Gasteiger partial charge in [-0.3, -0.25) is 4.79 Å². The summed E-state index contributed by atoms with van der Waals surface area (Å²) in [5.41, 5.74) is 3.74. The van der Waals surface area contributed by atoms with Gasteiger partial charge in [-0.25, -0.2) is 10.8 Å². The number of carbonyl (C=O) groups is 1. The first kappa shape index (κ1) is 17.4. The highest BCUT2D eigenvalue weighted by Gasteiger charge is 2.19. The lowest BCUT2D eigenvalue weighted by Crippen LogP contribution is -2.26. The van der Waals surface area contributed by atoms with E-state index in [1.54, 1.807) is 13.2 Å². The van der Waals surface area contributed by atoms with E-state index in [1.165, 1.54) is 0 Å². The number of unbranched alkanes of at least 4 members (excludes halogenated alkanes) is 1. The predicted molar refractivity (Wildman–Crippen MR) is 84.2 cm³/mol.